The van der Waals surface area contributed by atoms with Crippen molar-refractivity contribution in [1.29, 1.82) is 0 Å². The highest BCUT2D eigenvalue weighted by molar-refractivity contribution is 5.97. The average Bonchev–Trinajstić information content (AvgIpc) is 2.85. The zero-order valence-electron chi connectivity index (χ0n) is 14.5. The third-order valence-corrected chi connectivity index (χ3v) is 3.65. The summed E-state index contributed by atoms with van der Waals surface area (Å²) in [5.41, 5.74) is 2.63. The molecule has 0 saturated heterocycles. The number of aromatic nitrogens is 2. The van der Waals surface area contributed by atoms with Crippen molar-refractivity contribution in [2.75, 3.05) is 19.0 Å². The van der Waals surface area contributed by atoms with E-state index in [2.05, 4.69) is 15.2 Å². The molecule has 2 aromatic rings. The number of amides is 1. The topological polar surface area (TPSA) is 99.5 Å². The summed E-state index contributed by atoms with van der Waals surface area (Å²) >= 11 is 0. The molecule has 0 aliphatic carbocycles. The number of carbonyl (C=O) groups is 3. The number of benzene rings is 1. The highest BCUT2D eigenvalue weighted by Gasteiger charge is 2.15. The molecule has 2 rings (SSSR count). The maximum Gasteiger partial charge on any atom is 0.338 e. The van der Waals surface area contributed by atoms with Gasteiger partial charge in [-0.15, -0.1) is 0 Å². The number of carbonyl (C=O) groups excluding carboxylic acids is 3. The number of nitrogens with zero attached hydrogens (tertiary/aromatic N) is 2. The van der Waals surface area contributed by atoms with Gasteiger partial charge in [0.2, 0.25) is 0 Å². The first-order chi connectivity index (χ1) is 11.8. The van der Waals surface area contributed by atoms with Crippen molar-refractivity contribution < 1.29 is 23.9 Å². The second-order valence-electron chi connectivity index (χ2n) is 5.36. The molecule has 8 nitrogen and oxygen atoms in total. The number of nitrogens with one attached hydrogen (secondary N) is 1. The highest BCUT2D eigenvalue weighted by atomic mass is 16.5. The molecule has 1 heterocycles. The van der Waals surface area contributed by atoms with E-state index in [1.165, 1.54) is 31.4 Å². The van der Waals surface area contributed by atoms with Crippen molar-refractivity contribution in [3.63, 3.8) is 0 Å². The quantitative estimate of drug-likeness (QED) is 0.827. The predicted octanol–water partition coefficient (Wildman–Crippen LogP) is 1.62. The lowest BCUT2D eigenvalue weighted by Crippen LogP contribution is -2.21. The molecule has 1 aromatic heterocycles. The molecule has 25 heavy (non-hydrogen) atoms. The Balaban J connectivity index is 1.93. The Labute approximate surface area is 144 Å². The number of methoxy groups -OCH3 is 1. The van der Waals surface area contributed by atoms with E-state index in [-0.39, 0.29) is 5.56 Å². The van der Waals surface area contributed by atoms with Crippen LogP contribution in [-0.2, 0) is 21.3 Å². The number of rotatable bonds is 5. The second-order valence-corrected chi connectivity index (χ2v) is 5.36. The summed E-state index contributed by atoms with van der Waals surface area (Å²) < 4.78 is 11.2. The van der Waals surface area contributed by atoms with Gasteiger partial charge < -0.3 is 14.8 Å². The van der Waals surface area contributed by atoms with E-state index in [1.54, 1.807) is 18.7 Å². The minimum Gasteiger partial charge on any atom is -0.465 e. The third kappa shape index (κ3) is 4.23. The fourth-order valence-corrected chi connectivity index (χ4v) is 2.20. The number of hydrogen-bond acceptors (Lipinski definition) is 6. The second kappa shape index (κ2) is 7.61. The molecule has 0 fully saturated rings. The van der Waals surface area contributed by atoms with Crippen LogP contribution in [0.5, 0.6) is 0 Å². The Morgan fingerprint density at radius 1 is 1.08 bits per heavy atom. The average molecular weight is 345 g/mol. The van der Waals surface area contributed by atoms with Crippen LogP contribution in [0, 0.1) is 13.8 Å². The SMILES string of the molecule is COC(=O)c1ccc(C(=O)OCC(=O)Nc2c(C)nn(C)c2C)cc1. The molecular formula is C17H19N3O5. The maximum atomic E-state index is 12.0. The summed E-state index contributed by atoms with van der Waals surface area (Å²) in [5.74, 6) is -1.62. The van der Waals surface area contributed by atoms with E-state index in [0.29, 0.717) is 16.9 Å². The lowest BCUT2D eigenvalue weighted by atomic mass is 10.1. The Kier molecular flexibility index (Phi) is 5.53. The molecule has 0 atom stereocenters. The van der Waals surface area contributed by atoms with E-state index in [1.807, 2.05) is 6.92 Å². The lowest BCUT2D eigenvalue weighted by Gasteiger charge is -2.07. The van der Waals surface area contributed by atoms with Gasteiger partial charge in [-0.1, -0.05) is 0 Å². The van der Waals surface area contributed by atoms with E-state index in [0.717, 1.165) is 5.69 Å². The minimum atomic E-state index is -0.661. The van der Waals surface area contributed by atoms with Gasteiger partial charge in [0.25, 0.3) is 5.91 Å². The molecule has 0 aliphatic rings. The molecule has 1 N–H and O–H groups in total. The Morgan fingerprint density at radius 2 is 1.64 bits per heavy atom. The number of aryl methyl sites for hydroxylation is 2. The van der Waals surface area contributed by atoms with Crippen LogP contribution in [0.15, 0.2) is 24.3 Å². The van der Waals surface area contributed by atoms with Gasteiger partial charge in [0.1, 0.15) is 0 Å². The fraction of sp³-hybridized carbons (Fsp3) is 0.294. The Morgan fingerprint density at radius 3 is 2.12 bits per heavy atom. The summed E-state index contributed by atoms with van der Waals surface area (Å²) in [6.45, 7) is 3.17. The van der Waals surface area contributed by atoms with Gasteiger partial charge in [0.15, 0.2) is 6.61 Å². The van der Waals surface area contributed by atoms with Crippen LogP contribution in [0.25, 0.3) is 0 Å². The third-order valence-electron chi connectivity index (χ3n) is 3.65. The number of ether oxygens (including phenoxy) is 2. The molecule has 1 amide bonds. The fourth-order valence-electron chi connectivity index (χ4n) is 2.20. The first kappa shape index (κ1) is 18.2. The van der Waals surface area contributed by atoms with Gasteiger partial charge in [0.05, 0.1) is 35.3 Å². The Hall–Kier alpha value is -3.16. The molecule has 0 radical (unpaired) electrons. The molecule has 0 spiro atoms. The normalized spacial score (nSPS) is 10.2. The summed E-state index contributed by atoms with van der Waals surface area (Å²) in [7, 11) is 3.05. The smallest absolute Gasteiger partial charge is 0.338 e. The van der Waals surface area contributed by atoms with Crippen LogP contribution in [-0.4, -0.2) is 41.3 Å². The highest BCUT2D eigenvalue weighted by Crippen LogP contribution is 2.18. The van der Waals surface area contributed by atoms with Crippen molar-refractivity contribution in [2.24, 2.45) is 7.05 Å². The van der Waals surface area contributed by atoms with Gasteiger partial charge in [-0.3, -0.25) is 9.48 Å². The monoisotopic (exact) mass is 345 g/mol. The van der Waals surface area contributed by atoms with Crippen molar-refractivity contribution in [2.45, 2.75) is 13.8 Å². The van der Waals surface area contributed by atoms with Crippen LogP contribution < -0.4 is 5.32 Å². The van der Waals surface area contributed by atoms with Crippen LogP contribution in [0.4, 0.5) is 5.69 Å². The first-order valence-electron chi connectivity index (χ1n) is 7.49. The largest absolute Gasteiger partial charge is 0.465 e. The van der Waals surface area contributed by atoms with Crippen LogP contribution in [0.2, 0.25) is 0 Å². The van der Waals surface area contributed by atoms with Gasteiger partial charge in [-0.25, -0.2) is 9.59 Å². The molecule has 0 aliphatic heterocycles. The van der Waals surface area contributed by atoms with E-state index in [4.69, 9.17) is 4.74 Å². The number of esters is 2. The molecule has 132 valence electrons. The number of anilines is 1. The first-order valence-corrected chi connectivity index (χ1v) is 7.49. The maximum absolute atomic E-state index is 12.0. The summed E-state index contributed by atoms with van der Waals surface area (Å²) in [6.07, 6.45) is 0. The predicted molar refractivity (Wildman–Crippen MR) is 89.4 cm³/mol. The van der Waals surface area contributed by atoms with Crippen LogP contribution >= 0.6 is 0 Å². The standard InChI is InChI=1S/C17H19N3O5/c1-10-15(11(2)20(3)19-10)18-14(21)9-25-17(23)13-7-5-12(6-8-13)16(22)24-4/h5-8H,9H2,1-4H3,(H,18,21). The van der Waals surface area contributed by atoms with Gasteiger partial charge in [-0.2, -0.15) is 5.10 Å². The van der Waals surface area contributed by atoms with Crippen molar-refractivity contribution >= 4 is 23.5 Å². The molecular weight excluding hydrogens is 326 g/mol. The molecule has 0 saturated carbocycles. The van der Waals surface area contributed by atoms with Crippen LogP contribution in [0.3, 0.4) is 0 Å². The summed E-state index contributed by atoms with van der Waals surface area (Å²) in [4.78, 5) is 35.3. The van der Waals surface area contributed by atoms with Gasteiger partial charge in [0, 0.05) is 7.05 Å². The van der Waals surface area contributed by atoms with E-state index < -0.39 is 24.5 Å². The van der Waals surface area contributed by atoms with E-state index in [9.17, 15) is 14.4 Å². The van der Waals surface area contributed by atoms with Crippen molar-refractivity contribution in [3.05, 3.63) is 46.8 Å². The van der Waals surface area contributed by atoms with Gasteiger partial charge >= 0.3 is 11.9 Å². The van der Waals surface area contributed by atoms with Crippen molar-refractivity contribution in [3.8, 4) is 0 Å². The number of hydrogen-bond donors (Lipinski definition) is 1. The molecule has 0 unspecified atom stereocenters. The molecule has 8 heteroatoms. The summed E-state index contributed by atoms with van der Waals surface area (Å²) in [6, 6.07) is 5.76. The summed E-state index contributed by atoms with van der Waals surface area (Å²) in [5, 5.41) is 6.87. The van der Waals surface area contributed by atoms with E-state index >= 15 is 0 Å². The van der Waals surface area contributed by atoms with Crippen LogP contribution in [0.1, 0.15) is 32.1 Å². The minimum absolute atomic E-state index is 0.231. The molecule has 0 bridgehead atoms. The Bertz CT molecular complexity index is 808. The zero-order valence-corrected chi connectivity index (χ0v) is 14.5. The lowest BCUT2D eigenvalue weighted by molar-refractivity contribution is -0.119. The zero-order chi connectivity index (χ0) is 18.6. The van der Waals surface area contributed by atoms with Crippen molar-refractivity contribution in [1.82, 2.24) is 9.78 Å². The van der Waals surface area contributed by atoms with Gasteiger partial charge in [-0.05, 0) is 38.1 Å². The molecule has 1 aromatic carbocycles.